The van der Waals surface area contributed by atoms with Crippen LogP contribution in [0.1, 0.15) is 76.8 Å². The highest BCUT2D eigenvalue weighted by atomic mass is 35.5. The minimum Gasteiger partial charge on any atom is -0.444 e. The molecule has 55 heavy (non-hydrogen) atoms. The van der Waals surface area contributed by atoms with Gasteiger partial charge in [0.2, 0.25) is 11.8 Å². The number of allylic oxidation sites excluding steroid dienone is 1. The van der Waals surface area contributed by atoms with Gasteiger partial charge in [-0.3, -0.25) is 19.3 Å². The van der Waals surface area contributed by atoms with E-state index in [2.05, 4.69) is 15.4 Å². The maximum atomic E-state index is 14.5. The van der Waals surface area contributed by atoms with Crippen molar-refractivity contribution in [1.29, 1.82) is 0 Å². The Balaban J connectivity index is 1.27. The van der Waals surface area contributed by atoms with Gasteiger partial charge in [-0.15, -0.1) is 0 Å². The maximum absolute atomic E-state index is 14.5. The second-order valence-corrected chi connectivity index (χ2v) is 17.4. The molecule has 14 nitrogen and oxygen atoms in total. The molecule has 0 aromatic heterocycles. The van der Waals surface area contributed by atoms with E-state index in [1.165, 1.54) is 34.1 Å². The second-order valence-electron chi connectivity index (χ2n) is 15.4. The van der Waals surface area contributed by atoms with Gasteiger partial charge in [0.1, 0.15) is 40.0 Å². The van der Waals surface area contributed by atoms with E-state index in [0.29, 0.717) is 30.4 Å². The largest absolute Gasteiger partial charge is 0.444 e. The van der Waals surface area contributed by atoms with Gasteiger partial charge in [0.05, 0.1) is 18.1 Å². The van der Waals surface area contributed by atoms with E-state index in [4.69, 9.17) is 21.1 Å². The van der Waals surface area contributed by atoms with Crippen LogP contribution in [0, 0.1) is 11.7 Å². The Kier molecular flexibility index (Phi) is 11.5. The van der Waals surface area contributed by atoms with Crippen molar-refractivity contribution in [2.75, 3.05) is 6.54 Å². The molecule has 3 aliphatic heterocycles. The summed E-state index contributed by atoms with van der Waals surface area (Å²) < 4.78 is 54.4. The Bertz CT molecular complexity index is 2010. The summed E-state index contributed by atoms with van der Waals surface area (Å²) in [6.07, 6.45) is 3.75. The number of hydrogen-bond donors (Lipinski definition) is 3. The molecule has 6 rings (SSSR count). The number of ether oxygens (including phenoxy) is 2. The summed E-state index contributed by atoms with van der Waals surface area (Å²) in [4.78, 5) is 71.1. The van der Waals surface area contributed by atoms with Crippen LogP contribution in [0.4, 0.5) is 14.0 Å². The first-order valence-corrected chi connectivity index (χ1v) is 20.2. The number of benzene rings is 2. The Morgan fingerprint density at radius 1 is 1.04 bits per heavy atom. The van der Waals surface area contributed by atoms with Crippen molar-refractivity contribution in [1.82, 2.24) is 25.2 Å². The van der Waals surface area contributed by atoms with E-state index < -0.39 is 81.0 Å². The smallest absolute Gasteiger partial charge is 0.410 e. The lowest BCUT2D eigenvalue weighted by atomic mass is 10.0. The highest BCUT2D eigenvalue weighted by Gasteiger charge is 2.62. The first-order chi connectivity index (χ1) is 26.0. The zero-order chi connectivity index (χ0) is 39.7. The first kappa shape index (κ1) is 40.0. The third kappa shape index (κ3) is 9.07. The fourth-order valence-electron chi connectivity index (χ4n) is 7.27. The molecule has 0 bridgehead atoms. The van der Waals surface area contributed by atoms with E-state index in [1.807, 2.05) is 6.08 Å². The lowest BCUT2D eigenvalue weighted by Gasteiger charge is -2.30. The number of rotatable bonds is 5. The summed E-state index contributed by atoms with van der Waals surface area (Å²) in [7, 11) is -4.45. The SMILES string of the molecule is CC(C)(C)OC(=O)N[C@H]1CCCCC/C=C\[C@H]2C[C@@]2(C(=O)NS(=O)(=O)c2ccccc2Cl)NC(=O)[C@@H]2C[C@@H](OC(=O)N3Cc4cccc(F)c4C3)CN2C1=O. The predicted octanol–water partition coefficient (Wildman–Crippen LogP) is 4.69. The molecule has 1 aliphatic carbocycles. The number of alkyl carbamates (subject to hydrolysis) is 1. The number of halogens is 2. The lowest BCUT2D eigenvalue weighted by molar-refractivity contribution is -0.141. The van der Waals surface area contributed by atoms with Crippen LogP contribution in [0.3, 0.4) is 0 Å². The van der Waals surface area contributed by atoms with Crippen LogP contribution >= 0.6 is 11.6 Å². The average molecular weight is 802 g/mol. The van der Waals surface area contributed by atoms with Crippen molar-refractivity contribution in [3.8, 4) is 0 Å². The summed E-state index contributed by atoms with van der Waals surface area (Å²) in [5.74, 6) is -3.41. The standard InChI is InChI=1S/C38H45ClFN5O9S/c1-37(2,3)54-35(49)41-29-16-8-6-4-5-7-13-24-19-38(24,34(48)43-55(51,52)31-17-10-9-14-27(31)39)42-32(46)30-18-25(21-45(30)33(29)47)53-36(50)44-20-23-12-11-15-28(40)26(23)22-44/h7,9-15,17,24-25,29-30H,4-6,8,16,18-22H2,1-3H3,(H,41,49)(H,42,46)(H,43,48)/b13-7-/t24-,25+,29-,30-,38+/m0/s1. The summed E-state index contributed by atoms with van der Waals surface area (Å²) >= 11 is 6.14. The van der Waals surface area contributed by atoms with Gasteiger partial charge in [0.15, 0.2) is 0 Å². The van der Waals surface area contributed by atoms with Crippen LogP contribution in [-0.4, -0.2) is 84.0 Å². The van der Waals surface area contributed by atoms with Crippen molar-refractivity contribution in [3.05, 3.63) is 76.6 Å². The zero-order valence-electron chi connectivity index (χ0n) is 30.8. The molecule has 5 amide bonds. The van der Waals surface area contributed by atoms with Gasteiger partial charge in [0.25, 0.3) is 15.9 Å². The van der Waals surface area contributed by atoms with Crippen molar-refractivity contribution in [3.63, 3.8) is 0 Å². The van der Waals surface area contributed by atoms with Crippen molar-refractivity contribution in [2.45, 2.75) is 113 Å². The molecule has 2 aromatic rings. The number of fused-ring (bicyclic) bond motifs is 3. The molecule has 1 saturated carbocycles. The highest BCUT2D eigenvalue weighted by molar-refractivity contribution is 7.90. The molecule has 3 heterocycles. The zero-order valence-corrected chi connectivity index (χ0v) is 32.4. The van der Waals surface area contributed by atoms with Crippen LogP contribution in [0.15, 0.2) is 59.5 Å². The minimum atomic E-state index is -4.45. The third-order valence-electron chi connectivity index (χ3n) is 10.1. The molecular weight excluding hydrogens is 757 g/mol. The van der Waals surface area contributed by atoms with Crippen LogP contribution in [0.25, 0.3) is 0 Å². The van der Waals surface area contributed by atoms with E-state index in [1.54, 1.807) is 45.0 Å². The molecule has 0 spiro atoms. The maximum Gasteiger partial charge on any atom is 0.410 e. The molecule has 3 N–H and O–H groups in total. The monoisotopic (exact) mass is 801 g/mol. The topological polar surface area (TPSA) is 181 Å². The third-order valence-corrected chi connectivity index (χ3v) is 12.0. The predicted molar refractivity (Wildman–Crippen MR) is 197 cm³/mol. The number of hydrogen-bond acceptors (Lipinski definition) is 9. The number of sulfonamides is 1. The van der Waals surface area contributed by atoms with E-state index in [-0.39, 0.29) is 48.8 Å². The van der Waals surface area contributed by atoms with Crippen LogP contribution in [0.2, 0.25) is 5.02 Å². The Hall–Kier alpha value is -4.70. The molecule has 17 heteroatoms. The van der Waals surface area contributed by atoms with Gasteiger partial charge >= 0.3 is 12.2 Å². The lowest BCUT2D eigenvalue weighted by Crippen LogP contribution is -2.58. The van der Waals surface area contributed by atoms with Gasteiger partial charge < -0.3 is 25.0 Å². The van der Waals surface area contributed by atoms with E-state index in [0.717, 1.165) is 6.42 Å². The molecule has 0 unspecified atom stereocenters. The van der Waals surface area contributed by atoms with Crippen molar-refractivity contribution in [2.24, 2.45) is 5.92 Å². The average Bonchev–Trinajstić information content (AvgIpc) is 3.40. The molecule has 2 fully saturated rings. The minimum absolute atomic E-state index is 0.0222. The molecule has 5 atom stereocenters. The van der Waals surface area contributed by atoms with Gasteiger partial charge in [0, 0.05) is 24.4 Å². The molecule has 296 valence electrons. The summed E-state index contributed by atoms with van der Waals surface area (Å²) in [6.45, 7) is 4.91. The number of nitrogens with one attached hydrogen (secondary N) is 3. The van der Waals surface area contributed by atoms with Gasteiger partial charge in [-0.05, 0) is 70.2 Å². The van der Waals surface area contributed by atoms with Crippen LogP contribution < -0.4 is 15.4 Å². The van der Waals surface area contributed by atoms with Crippen LogP contribution in [-0.2, 0) is 47.0 Å². The normalized spacial score (nSPS) is 26.3. The van der Waals surface area contributed by atoms with Crippen LogP contribution in [0.5, 0.6) is 0 Å². The number of nitrogens with zero attached hydrogens (tertiary/aromatic N) is 2. The molecule has 2 aromatic carbocycles. The van der Waals surface area contributed by atoms with E-state index >= 15 is 0 Å². The number of carbonyl (C=O) groups excluding carboxylic acids is 5. The quantitative estimate of drug-likeness (QED) is 0.362. The summed E-state index contributed by atoms with van der Waals surface area (Å²) in [5, 5.41) is 5.31. The molecule has 1 saturated heterocycles. The molecule has 0 radical (unpaired) electrons. The molecular formula is C38H45ClFN5O9S. The van der Waals surface area contributed by atoms with Gasteiger partial charge in [-0.25, -0.2) is 27.1 Å². The second kappa shape index (κ2) is 15.8. The Labute approximate surface area is 324 Å². The number of amides is 5. The van der Waals surface area contributed by atoms with Crippen molar-refractivity contribution >= 4 is 51.5 Å². The fourth-order valence-corrected chi connectivity index (χ4v) is 8.83. The first-order valence-electron chi connectivity index (χ1n) is 18.3. The Morgan fingerprint density at radius 2 is 1.80 bits per heavy atom. The van der Waals surface area contributed by atoms with Gasteiger partial charge in [-0.1, -0.05) is 60.9 Å². The molecule has 4 aliphatic rings. The summed E-state index contributed by atoms with van der Waals surface area (Å²) in [6, 6.07) is 7.79. The fraction of sp³-hybridized carbons (Fsp3) is 0.500. The van der Waals surface area contributed by atoms with Gasteiger partial charge in [-0.2, -0.15) is 0 Å². The summed E-state index contributed by atoms with van der Waals surface area (Å²) in [5.41, 5.74) is -1.54. The van der Waals surface area contributed by atoms with E-state index in [9.17, 15) is 36.8 Å². The highest BCUT2D eigenvalue weighted by Crippen LogP contribution is 2.46. The van der Waals surface area contributed by atoms with Crippen molar-refractivity contribution < 1.29 is 46.3 Å². The Morgan fingerprint density at radius 3 is 2.53 bits per heavy atom. The number of carbonyl (C=O) groups is 5.